The Morgan fingerprint density at radius 1 is 1.50 bits per heavy atom. The zero-order valence-corrected chi connectivity index (χ0v) is 7.02. The van der Waals surface area contributed by atoms with Crippen LogP contribution in [0.5, 0.6) is 0 Å². The van der Waals surface area contributed by atoms with Gasteiger partial charge in [0.15, 0.2) is 23.2 Å². The Kier molecular flexibility index (Phi) is 2.39. The van der Waals surface area contributed by atoms with E-state index in [9.17, 15) is 22.4 Å². The molecule has 1 aliphatic carbocycles. The highest BCUT2D eigenvalue weighted by Crippen LogP contribution is 2.42. The molecule has 6 heteroatoms. The highest BCUT2D eigenvalue weighted by Gasteiger charge is 2.50. The van der Waals surface area contributed by atoms with Crippen molar-refractivity contribution in [1.29, 1.82) is 0 Å². The Bertz CT molecular complexity index is 343. The fraction of sp³-hybridized carbons (Fsp3) is 0.375. The average molecular weight is 210 g/mol. The van der Waals surface area contributed by atoms with E-state index in [0.717, 1.165) is 0 Å². The van der Waals surface area contributed by atoms with E-state index in [0.29, 0.717) is 6.92 Å². The van der Waals surface area contributed by atoms with E-state index in [1.165, 1.54) is 0 Å². The largest absolute Gasteiger partial charge is 0.481 e. The number of carboxylic acid groups (broad SMARTS) is 1. The Morgan fingerprint density at radius 3 is 2.43 bits per heavy atom. The van der Waals surface area contributed by atoms with Crippen LogP contribution in [0.4, 0.5) is 17.6 Å². The summed E-state index contributed by atoms with van der Waals surface area (Å²) < 4.78 is 51.5. The fourth-order valence-corrected chi connectivity index (χ4v) is 1.18. The summed E-state index contributed by atoms with van der Waals surface area (Å²) in [5.41, 5.74) is -3.05. The molecule has 0 aromatic rings. The Morgan fingerprint density at radius 2 is 2.00 bits per heavy atom. The van der Waals surface area contributed by atoms with Gasteiger partial charge in [0.1, 0.15) is 5.83 Å². The topological polar surface area (TPSA) is 37.3 Å². The van der Waals surface area contributed by atoms with Crippen LogP contribution in [0, 0.1) is 5.92 Å². The third-order valence-corrected chi connectivity index (χ3v) is 1.99. The number of alkyl halides is 1. The van der Waals surface area contributed by atoms with Gasteiger partial charge in [0, 0.05) is 6.08 Å². The van der Waals surface area contributed by atoms with Crippen molar-refractivity contribution in [3.05, 3.63) is 23.6 Å². The molecule has 0 aromatic carbocycles. The average Bonchev–Trinajstić information content (AvgIpc) is 2.00. The Balaban J connectivity index is 3.29. The van der Waals surface area contributed by atoms with Gasteiger partial charge in [-0.1, -0.05) is 0 Å². The van der Waals surface area contributed by atoms with Crippen molar-refractivity contribution in [1.82, 2.24) is 0 Å². The minimum atomic E-state index is -3.05. The maximum Gasteiger partial charge on any atom is 0.317 e. The van der Waals surface area contributed by atoms with Gasteiger partial charge in [-0.25, -0.2) is 17.6 Å². The molecule has 14 heavy (non-hydrogen) atoms. The monoisotopic (exact) mass is 210 g/mol. The molecule has 0 saturated carbocycles. The predicted octanol–water partition coefficient (Wildman–Crippen LogP) is 2.43. The van der Waals surface area contributed by atoms with Crippen molar-refractivity contribution < 1.29 is 27.5 Å². The number of allylic oxidation sites excluding steroid dienone is 3. The highest BCUT2D eigenvalue weighted by atomic mass is 19.2. The van der Waals surface area contributed by atoms with Gasteiger partial charge in [-0.2, -0.15) is 0 Å². The molecule has 1 aliphatic rings. The van der Waals surface area contributed by atoms with Gasteiger partial charge in [-0.05, 0) is 6.92 Å². The molecule has 0 bridgehead atoms. The summed E-state index contributed by atoms with van der Waals surface area (Å²) in [6.07, 6.45) is 0.00870. The Hall–Kier alpha value is -1.33. The molecule has 0 radical (unpaired) electrons. The first kappa shape index (κ1) is 10.7. The van der Waals surface area contributed by atoms with E-state index in [1.807, 2.05) is 0 Å². The quantitative estimate of drug-likeness (QED) is 0.675. The number of carbonyl (C=O) groups is 1. The molecule has 0 aliphatic heterocycles. The maximum absolute atomic E-state index is 13.3. The van der Waals surface area contributed by atoms with Crippen molar-refractivity contribution in [2.24, 2.45) is 5.92 Å². The lowest BCUT2D eigenvalue weighted by Gasteiger charge is -2.27. The number of halogens is 4. The molecule has 0 amide bonds. The predicted molar refractivity (Wildman–Crippen MR) is 39.1 cm³/mol. The van der Waals surface area contributed by atoms with Gasteiger partial charge in [0.25, 0.3) is 0 Å². The third kappa shape index (κ3) is 1.40. The minimum absolute atomic E-state index is 0.00870. The van der Waals surface area contributed by atoms with E-state index in [-0.39, 0.29) is 6.08 Å². The minimum Gasteiger partial charge on any atom is -0.481 e. The van der Waals surface area contributed by atoms with Crippen LogP contribution in [0.1, 0.15) is 6.92 Å². The molecule has 1 rings (SSSR count). The van der Waals surface area contributed by atoms with Crippen molar-refractivity contribution >= 4 is 5.97 Å². The van der Waals surface area contributed by atoms with Crippen LogP contribution in [0.3, 0.4) is 0 Å². The summed E-state index contributed by atoms with van der Waals surface area (Å²) in [7, 11) is 0. The van der Waals surface area contributed by atoms with E-state index in [2.05, 4.69) is 0 Å². The number of aliphatic carboxylic acids is 1. The molecule has 2 unspecified atom stereocenters. The summed E-state index contributed by atoms with van der Waals surface area (Å²) >= 11 is 0. The third-order valence-electron chi connectivity index (χ3n) is 1.99. The van der Waals surface area contributed by atoms with E-state index < -0.39 is 35.0 Å². The summed E-state index contributed by atoms with van der Waals surface area (Å²) in [5.74, 6) is -9.55. The molecule has 0 aromatic heterocycles. The molecule has 2 nitrogen and oxygen atoms in total. The smallest absolute Gasteiger partial charge is 0.317 e. The van der Waals surface area contributed by atoms with E-state index >= 15 is 0 Å². The standard InChI is InChI=1S/C8H6F4O2/c1-8(12)4(10)2-3(9)6(11)5(8)7(13)14/h2,5H,1H3,(H,13,14). The van der Waals surface area contributed by atoms with Crippen LogP contribution in [0.2, 0.25) is 0 Å². The maximum atomic E-state index is 13.3. The second-order valence-electron chi connectivity index (χ2n) is 3.03. The van der Waals surface area contributed by atoms with Gasteiger partial charge in [-0.3, -0.25) is 4.79 Å². The highest BCUT2D eigenvalue weighted by molar-refractivity contribution is 5.76. The van der Waals surface area contributed by atoms with Crippen LogP contribution in [0.15, 0.2) is 23.6 Å². The molecule has 1 N–H and O–H groups in total. The van der Waals surface area contributed by atoms with Gasteiger partial charge in [0.2, 0.25) is 0 Å². The lowest BCUT2D eigenvalue weighted by Crippen LogP contribution is -2.39. The summed E-state index contributed by atoms with van der Waals surface area (Å²) in [6.45, 7) is 0.545. The molecule has 0 spiro atoms. The SMILES string of the molecule is CC1(F)C(F)=CC(F)=C(F)C1C(=O)O. The molecule has 0 heterocycles. The summed E-state index contributed by atoms with van der Waals surface area (Å²) in [4.78, 5) is 10.4. The number of hydrogen-bond donors (Lipinski definition) is 1. The van der Waals surface area contributed by atoms with Gasteiger partial charge >= 0.3 is 5.97 Å². The van der Waals surface area contributed by atoms with Crippen LogP contribution in [0.25, 0.3) is 0 Å². The summed E-state index contributed by atoms with van der Waals surface area (Å²) in [6, 6.07) is 0. The zero-order chi connectivity index (χ0) is 11.1. The molecular formula is C8H6F4O2. The molecule has 78 valence electrons. The van der Waals surface area contributed by atoms with E-state index in [1.54, 1.807) is 0 Å². The first-order valence-electron chi connectivity index (χ1n) is 3.63. The van der Waals surface area contributed by atoms with Crippen LogP contribution in [-0.2, 0) is 4.79 Å². The van der Waals surface area contributed by atoms with Gasteiger partial charge in [0.05, 0.1) is 0 Å². The normalized spacial score (nSPS) is 32.9. The number of rotatable bonds is 1. The first-order chi connectivity index (χ1) is 6.28. The number of carboxylic acids is 1. The van der Waals surface area contributed by atoms with Crippen molar-refractivity contribution in [3.63, 3.8) is 0 Å². The van der Waals surface area contributed by atoms with Crippen LogP contribution < -0.4 is 0 Å². The first-order valence-corrected chi connectivity index (χ1v) is 3.63. The zero-order valence-electron chi connectivity index (χ0n) is 7.02. The van der Waals surface area contributed by atoms with Gasteiger partial charge in [-0.15, -0.1) is 0 Å². The number of hydrogen-bond acceptors (Lipinski definition) is 1. The summed E-state index contributed by atoms with van der Waals surface area (Å²) in [5, 5.41) is 8.41. The van der Waals surface area contributed by atoms with Crippen LogP contribution >= 0.6 is 0 Å². The molecule has 2 atom stereocenters. The molecular weight excluding hydrogens is 204 g/mol. The lowest BCUT2D eigenvalue weighted by atomic mass is 9.85. The van der Waals surface area contributed by atoms with Gasteiger partial charge < -0.3 is 5.11 Å². The fourth-order valence-electron chi connectivity index (χ4n) is 1.18. The Labute approximate surface area is 76.5 Å². The second kappa shape index (κ2) is 3.11. The molecule has 0 fully saturated rings. The van der Waals surface area contributed by atoms with Crippen molar-refractivity contribution in [2.75, 3.05) is 0 Å². The second-order valence-corrected chi connectivity index (χ2v) is 3.03. The molecule has 0 saturated heterocycles. The van der Waals surface area contributed by atoms with Crippen molar-refractivity contribution in [2.45, 2.75) is 12.6 Å². The van der Waals surface area contributed by atoms with Crippen LogP contribution in [-0.4, -0.2) is 16.7 Å². The lowest BCUT2D eigenvalue weighted by molar-refractivity contribution is -0.145. The van der Waals surface area contributed by atoms with Crippen molar-refractivity contribution in [3.8, 4) is 0 Å². The van der Waals surface area contributed by atoms with E-state index in [4.69, 9.17) is 5.11 Å².